The summed E-state index contributed by atoms with van der Waals surface area (Å²) in [6.45, 7) is 1.35. The van der Waals surface area contributed by atoms with Crippen LogP contribution in [-0.2, 0) is 0 Å². The van der Waals surface area contributed by atoms with Gasteiger partial charge in [-0.3, -0.25) is 0 Å². The van der Waals surface area contributed by atoms with Crippen LogP contribution >= 0.6 is 11.6 Å². The fourth-order valence-corrected chi connectivity index (χ4v) is 3.10. The van der Waals surface area contributed by atoms with Crippen LogP contribution in [0.15, 0.2) is 30.3 Å². The molecule has 1 aromatic heterocycles. The van der Waals surface area contributed by atoms with Crippen LogP contribution in [0.1, 0.15) is 24.1 Å². The molecular formula is C18H15ClFN5. The highest BCUT2D eigenvalue weighted by Crippen LogP contribution is 2.25. The van der Waals surface area contributed by atoms with Gasteiger partial charge < -0.3 is 10.2 Å². The van der Waals surface area contributed by atoms with E-state index in [4.69, 9.17) is 22.1 Å². The van der Waals surface area contributed by atoms with E-state index < -0.39 is 5.82 Å². The lowest BCUT2D eigenvalue weighted by molar-refractivity contribution is 0.518. The predicted molar refractivity (Wildman–Crippen MR) is 93.9 cm³/mol. The van der Waals surface area contributed by atoms with Gasteiger partial charge in [-0.05, 0) is 43.2 Å². The van der Waals surface area contributed by atoms with Crippen molar-refractivity contribution in [1.82, 2.24) is 4.98 Å². The Morgan fingerprint density at radius 3 is 2.80 bits per heavy atom. The van der Waals surface area contributed by atoms with Gasteiger partial charge in [-0.15, -0.1) is 0 Å². The first-order valence-corrected chi connectivity index (χ1v) is 8.26. The van der Waals surface area contributed by atoms with Crippen molar-refractivity contribution in [3.63, 3.8) is 0 Å². The van der Waals surface area contributed by atoms with Crippen molar-refractivity contribution < 1.29 is 4.39 Å². The molecule has 1 atom stereocenters. The summed E-state index contributed by atoms with van der Waals surface area (Å²) in [6, 6.07) is 11.8. The molecule has 25 heavy (non-hydrogen) atoms. The molecule has 0 spiro atoms. The molecule has 7 heteroatoms. The van der Waals surface area contributed by atoms with E-state index in [-0.39, 0.29) is 11.7 Å². The molecule has 126 valence electrons. The topological polar surface area (TPSA) is 75.7 Å². The Kier molecular flexibility index (Phi) is 5.02. The summed E-state index contributed by atoms with van der Waals surface area (Å²) in [6.07, 6.45) is 1.82. The fourth-order valence-electron chi connectivity index (χ4n) is 2.96. The average Bonchev–Trinajstić information content (AvgIpc) is 2.63. The minimum absolute atomic E-state index is 0.0732. The molecule has 1 aliphatic rings. The summed E-state index contributed by atoms with van der Waals surface area (Å²) in [7, 11) is 0. The first-order chi connectivity index (χ1) is 12.1. The zero-order valence-electron chi connectivity index (χ0n) is 13.3. The number of nitrogens with one attached hydrogen (secondary N) is 1. The summed E-state index contributed by atoms with van der Waals surface area (Å²) in [5.41, 5.74) is 0.979. The van der Waals surface area contributed by atoms with Crippen molar-refractivity contribution in [3.05, 3.63) is 52.4 Å². The molecule has 1 aromatic carbocycles. The largest absolute Gasteiger partial charge is 0.367 e. The van der Waals surface area contributed by atoms with Crippen LogP contribution in [0.3, 0.4) is 0 Å². The van der Waals surface area contributed by atoms with Crippen LogP contribution in [-0.4, -0.2) is 24.1 Å². The van der Waals surface area contributed by atoms with Gasteiger partial charge in [0.15, 0.2) is 5.69 Å². The minimum Gasteiger partial charge on any atom is -0.367 e. The van der Waals surface area contributed by atoms with Crippen LogP contribution in [0.2, 0.25) is 5.02 Å². The van der Waals surface area contributed by atoms with E-state index in [0.29, 0.717) is 28.6 Å². The third kappa shape index (κ3) is 3.81. The van der Waals surface area contributed by atoms with Gasteiger partial charge in [-0.2, -0.15) is 10.5 Å². The molecule has 2 heterocycles. The number of hydrogen-bond donors (Lipinski definition) is 1. The maximum atomic E-state index is 14.2. The Bertz CT molecular complexity index is 871. The molecule has 0 saturated carbocycles. The van der Waals surface area contributed by atoms with Crippen LogP contribution in [0.4, 0.5) is 15.9 Å². The lowest BCUT2D eigenvalue weighted by Crippen LogP contribution is -2.42. The van der Waals surface area contributed by atoms with E-state index in [1.54, 1.807) is 24.3 Å². The van der Waals surface area contributed by atoms with Gasteiger partial charge in [0.1, 0.15) is 17.7 Å². The quantitative estimate of drug-likeness (QED) is 0.908. The van der Waals surface area contributed by atoms with Gasteiger partial charge >= 0.3 is 0 Å². The van der Waals surface area contributed by atoms with Gasteiger partial charge in [0, 0.05) is 19.1 Å². The van der Waals surface area contributed by atoms with Gasteiger partial charge in [-0.1, -0.05) is 11.6 Å². The van der Waals surface area contributed by atoms with Crippen molar-refractivity contribution in [2.45, 2.75) is 18.9 Å². The highest BCUT2D eigenvalue weighted by molar-refractivity contribution is 6.31. The second kappa shape index (κ2) is 7.38. The smallest absolute Gasteiger partial charge is 0.161 e. The number of aromatic nitrogens is 1. The predicted octanol–water partition coefficient (Wildman–Crippen LogP) is 3.70. The summed E-state index contributed by atoms with van der Waals surface area (Å²) in [4.78, 5) is 6.15. The van der Waals surface area contributed by atoms with E-state index in [0.717, 1.165) is 19.4 Å². The minimum atomic E-state index is -0.393. The summed E-state index contributed by atoms with van der Waals surface area (Å²) in [5.74, 6) is 0.184. The zero-order valence-corrected chi connectivity index (χ0v) is 14.1. The summed E-state index contributed by atoms with van der Waals surface area (Å²) in [5, 5.41) is 21.5. The third-order valence-corrected chi connectivity index (χ3v) is 4.45. The highest BCUT2D eigenvalue weighted by Gasteiger charge is 2.22. The fraction of sp³-hybridized carbons (Fsp3) is 0.278. The van der Waals surface area contributed by atoms with Crippen molar-refractivity contribution in [2.24, 2.45) is 0 Å². The summed E-state index contributed by atoms with van der Waals surface area (Å²) >= 11 is 5.90. The highest BCUT2D eigenvalue weighted by atomic mass is 35.5. The second-order valence-corrected chi connectivity index (χ2v) is 6.25. The Hall–Kier alpha value is -2.83. The molecule has 0 amide bonds. The monoisotopic (exact) mass is 355 g/mol. The molecule has 0 aliphatic carbocycles. The van der Waals surface area contributed by atoms with Crippen molar-refractivity contribution in [3.8, 4) is 12.1 Å². The number of anilines is 2. The Morgan fingerprint density at radius 1 is 1.24 bits per heavy atom. The lowest BCUT2D eigenvalue weighted by atomic mass is 10.0. The maximum absolute atomic E-state index is 14.2. The van der Waals surface area contributed by atoms with Crippen LogP contribution < -0.4 is 10.2 Å². The van der Waals surface area contributed by atoms with Gasteiger partial charge in [0.05, 0.1) is 22.3 Å². The number of nitriles is 2. The standard InChI is InChI=1S/C18H15ClFN5/c19-14-4-6-18(24-16(14)10-22)23-13-2-1-7-25(11-13)17-5-3-12(9-21)8-15(17)20/h3-6,8,13H,1-2,7,11H2,(H,23,24). The van der Waals surface area contributed by atoms with Gasteiger partial charge in [-0.25, -0.2) is 9.37 Å². The molecular weight excluding hydrogens is 341 g/mol. The molecule has 2 aromatic rings. The summed E-state index contributed by atoms with van der Waals surface area (Å²) < 4.78 is 14.2. The number of hydrogen-bond acceptors (Lipinski definition) is 5. The van der Waals surface area contributed by atoms with Crippen LogP contribution in [0.5, 0.6) is 0 Å². The van der Waals surface area contributed by atoms with E-state index in [2.05, 4.69) is 10.3 Å². The molecule has 1 N–H and O–H groups in total. The van der Waals surface area contributed by atoms with Crippen molar-refractivity contribution in [2.75, 3.05) is 23.3 Å². The second-order valence-electron chi connectivity index (χ2n) is 5.85. The van der Waals surface area contributed by atoms with Crippen LogP contribution in [0, 0.1) is 28.5 Å². The normalized spacial score (nSPS) is 16.8. The molecule has 5 nitrogen and oxygen atoms in total. The molecule has 0 radical (unpaired) electrons. The lowest BCUT2D eigenvalue weighted by Gasteiger charge is -2.35. The van der Waals surface area contributed by atoms with Crippen LogP contribution in [0.25, 0.3) is 0 Å². The van der Waals surface area contributed by atoms with Gasteiger partial charge in [0.2, 0.25) is 0 Å². The average molecular weight is 356 g/mol. The molecule has 1 fully saturated rings. The molecule has 1 aliphatic heterocycles. The number of benzene rings is 1. The Balaban J connectivity index is 1.74. The van der Waals surface area contributed by atoms with E-state index in [1.807, 2.05) is 17.0 Å². The molecule has 1 saturated heterocycles. The molecule has 0 bridgehead atoms. The molecule has 1 unspecified atom stereocenters. The number of halogens is 2. The Morgan fingerprint density at radius 2 is 2.08 bits per heavy atom. The first kappa shape index (κ1) is 17.0. The first-order valence-electron chi connectivity index (χ1n) is 7.88. The molecule has 3 rings (SSSR count). The number of nitrogens with zero attached hydrogens (tertiary/aromatic N) is 4. The number of pyridine rings is 1. The number of piperidine rings is 1. The van der Waals surface area contributed by atoms with Crippen molar-refractivity contribution >= 4 is 23.1 Å². The van der Waals surface area contributed by atoms with Crippen molar-refractivity contribution in [1.29, 1.82) is 10.5 Å². The van der Waals surface area contributed by atoms with E-state index in [9.17, 15) is 4.39 Å². The number of rotatable bonds is 3. The Labute approximate surface area is 150 Å². The van der Waals surface area contributed by atoms with Gasteiger partial charge in [0.25, 0.3) is 0 Å². The third-order valence-electron chi connectivity index (χ3n) is 4.14. The SMILES string of the molecule is N#Cc1ccc(N2CCCC(Nc3ccc(Cl)c(C#N)n3)C2)c(F)c1. The maximum Gasteiger partial charge on any atom is 0.161 e. The zero-order chi connectivity index (χ0) is 17.8. The van der Waals surface area contributed by atoms with E-state index in [1.165, 1.54) is 6.07 Å². The van der Waals surface area contributed by atoms with E-state index >= 15 is 0 Å².